The summed E-state index contributed by atoms with van der Waals surface area (Å²) in [5.41, 5.74) is 0. The first kappa shape index (κ1) is 8.09. The number of hydrogen-bond donors (Lipinski definition) is 1. The first-order valence-electron chi connectivity index (χ1n) is 5.03. The summed E-state index contributed by atoms with van der Waals surface area (Å²) < 4.78 is 0. The Morgan fingerprint density at radius 2 is 2.17 bits per heavy atom. The molecule has 2 bridgehead atoms. The Hall–Kier alpha value is -0.530. The third-order valence-electron chi connectivity index (χ3n) is 3.27. The number of likely N-dealkylation sites (tertiary alicyclic amines) is 1. The van der Waals surface area contributed by atoms with E-state index in [1.54, 1.807) is 0 Å². The van der Waals surface area contributed by atoms with Gasteiger partial charge in [-0.05, 0) is 25.2 Å². The predicted octanol–water partition coefficient (Wildman–Crippen LogP) is 2.10. The normalized spacial score (nSPS) is 33.4. The highest BCUT2D eigenvalue weighted by Crippen LogP contribution is 2.37. The molecule has 2 heteroatoms. The van der Waals surface area contributed by atoms with Gasteiger partial charge in [0, 0.05) is 18.5 Å². The quantitative estimate of drug-likeness (QED) is 0.469. The maximum absolute atomic E-state index is 7.92. The molecule has 2 aliphatic rings. The summed E-state index contributed by atoms with van der Waals surface area (Å²) in [6, 6.07) is 0.727. The van der Waals surface area contributed by atoms with Crippen LogP contribution in [0.25, 0.3) is 0 Å². The molecule has 2 fully saturated rings. The van der Waals surface area contributed by atoms with Crippen molar-refractivity contribution in [3.63, 3.8) is 0 Å². The van der Waals surface area contributed by atoms with Crippen molar-refractivity contribution in [2.75, 3.05) is 6.54 Å². The third-order valence-corrected chi connectivity index (χ3v) is 3.27. The number of piperidine rings is 1. The molecular formula is C10H18N2. The van der Waals surface area contributed by atoms with E-state index in [0.29, 0.717) is 5.92 Å². The van der Waals surface area contributed by atoms with Gasteiger partial charge < -0.3 is 4.90 Å². The van der Waals surface area contributed by atoms with E-state index >= 15 is 0 Å². The Morgan fingerprint density at radius 3 is 2.58 bits per heavy atom. The molecule has 0 aromatic heterocycles. The van der Waals surface area contributed by atoms with Crippen LogP contribution >= 0.6 is 0 Å². The molecule has 1 saturated carbocycles. The van der Waals surface area contributed by atoms with E-state index in [4.69, 9.17) is 5.41 Å². The van der Waals surface area contributed by atoms with E-state index < -0.39 is 0 Å². The van der Waals surface area contributed by atoms with Gasteiger partial charge in [-0.3, -0.25) is 5.41 Å². The first-order chi connectivity index (χ1) is 5.68. The minimum Gasteiger partial charge on any atom is -0.357 e. The molecule has 2 rings (SSSR count). The molecule has 0 aromatic carbocycles. The van der Waals surface area contributed by atoms with Crippen molar-refractivity contribution in [2.45, 2.75) is 39.2 Å². The van der Waals surface area contributed by atoms with Crippen LogP contribution in [0.15, 0.2) is 0 Å². The van der Waals surface area contributed by atoms with Crippen molar-refractivity contribution in [2.24, 2.45) is 11.8 Å². The lowest BCUT2D eigenvalue weighted by molar-refractivity contribution is 0.313. The second kappa shape index (κ2) is 2.75. The molecule has 0 spiro atoms. The van der Waals surface area contributed by atoms with Crippen molar-refractivity contribution in [3.05, 3.63) is 0 Å². The van der Waals surface area contributed by atoms with Gasteiger partial charge in [0.25, 0.3) is 0 Å². The molecule has 0 amide bonds. The molecule has 0 aromatic rings. The summed E-state index contributed by atoms with van der Waals surface area (Å²) in [7, 11) is 0. The Labute approximate surface area is 74.5 Å². The predicted molar refractivity (Wildman–Crippen MR) is 50.4 cm³/mol. The molecule has 1 aliphatic heterocycles. The lowest BCUT2D eigenvalue weighted by atomic mass is 10.1. The fourth-order valence-electron chi connectivity index (χ4n) is 2.55. The van der Waals surface area contributed by atoms with Gasteiger partial charge in [-0.25, -0.2) is 0 Å². The summed E-state index contributed by atoms with van der Waals surface area (Å²) in [4.78, 5) is 2.33. The van der Waals surface area contributed by atoms with Crippen LogP contribution in [-0.2, 0) is 0 Å². The molecule has 68 valence electrons. The van der Waals surface area contributed by atoms with Gasteiger partial charge in [0.1, 0.15) is 0 Å². The van der Waals surface area contributed by atoms with Crippen LogP contribution in [0.5, 0.6) is 0 Å². The van der Waals surface area contributed by atoms with E-state index in [1.165, 1.54) is 25.8 Å². The summed E-state index contributed by atoms with van der Waals surface area (Å²) in [6.07, 6.45) is 4.10. The van der Waals surface area contributed by atoms with Gasteiger partial charge in [0.15, 0.2) is 0 Å². The molecule has 1 saturated heterocycles. The number of fused-ring (bicyclic) bond motifs is 2. The number of amidine groups is 1. The van der Waals surface area contributed by atoms with E-state index in [1.807, 2.05) is 0 Å². The largest absolute Gasteiger partial charge is 0.357 e. The SMILES string of the molecule is CC(C)C(=N)N1CC2CCC1C2. The molecule has 2 atom stereocenters. The topological polar surface area (TPSA) is 27.1 Å². The van der Waals surface area contributed by atoms with Crippen molar-refractivity contribution in [1.29, 1.82) is 5.41 Å². The standard InChI is InChI=1S/C10H18N2/c1-7(2)10(11)12-6-8-3-4-9(12)5-8/h7-9,11H,3-6H2,1-2H3. The number of rotatable bonds is 1. The molecule has 2 nitrogen and oxygen atoms in total. The Bertz CT molecular complexity index is 198. The minimum atomic E-state index is 0.407. The lowest BCUT2D eigenvalue weighted by Gasteiger charge is -2.31. The zero-order valence-corrected chi connectivity index (χ0v) is 8.01. The lowest BCUT2D eigenvalue weighted by Crippen LogP contribution is -2.39. The van der Waals surface area contributed by atoms with Crippen molar-refractivity contribution < 1.29 is 0 Å². The van der Waals surface area contributed by atoms with Gasteiger partial charge in [-0.2, -0.15) is 0 Å². The van der Waals surface area contributed by atoms with Gasteiger partial charge in [-0.15, -0.1) is 0 Å². The van der Waals surface area contributed by atoms with E-state index in [2.05, 4.69) is 18.7 Å². The van der Waals surface area contributed by atoms with Crippen molar-refractivity contribution in [1.82, 2.24) is 4.90 Å². The molecule has 2 unspecified atom stereocenters. The monoisotopic (exact) mass is 166 g/mol. The van der Waals surface area contributed by atoms with Crippen LogP contribution in [0.2, 0.25) is 0 Å². The van der Waals surface area contributed by atoms with Gasteiger partial charge in [-0.1, -0.05) is 13.8 Å². The maximum atomic E-state index is 7.92. The first-order valence-corrected chi connectivity index (χ1v) is 5.03. The number of nitrogens with zero attached hydrogens (tertiary/aromatic N) is 1. The van der Waals surface area contributed by atoms with Crippen LogP contribution in [0.4, 0.5) is 0 Å². The summed E-state index contributed by atoms with van der Waals surface area (Å²) in [5, 5.41) is 7.92. The zero-order valence-electron chi connectivity index (χ0n) is 8.01. The molecule has 1 N–H and O–H groups in total. The van der Waals surface area contributed by atoms with Crippen LogP contribution in [-0.4, -0.2) is 23.3 Å². The third kappa shape index (κ3) is 1.13. The minimum absolute atomic E-state index is 0.407. The van der Waals surface area contributed by atoms with Crippen molar-refractivity contribution >= 4 is 5.84 Å². The van der Waals surface area contributed by atoms with Gasteiger partial charge in [0.05, 0.1) is 5.84 Å². The van der Waals surface area contributed by atoms with E-state index in [9.17, 15) is 0 Å². The zero-order chi connectivity index (χ0) is 8.72. The summed E-state index contributed by atoms with van der Waals surface area (Å²) >= 11 is 0. The molecule has 0 radical (unpaired) electrons. The van der Waals surface area contributed by atoms with Crippen LogP contribution in [0.1, 0.15) is 33.1 Å². The van der Waals surface area contributed by atoms with Gasteiger partial charge >= 0.3 is 0 Å². The second-order valence-electron chi connectivity index (χ2n) is 4.53. The Kier molecular flexibility index (Phi) is 1.85. The highest BCUT2D eigenvalue weighted by molar-refractivity contribution is 5.81. The maximum Gasteiger partial charge on any atom is 0.0986 e. The van der Waals surface area contributed by atoms with Crippen LogP contribution in [0, 0.1) is 17.2 Å². The van der Waals surface area contributed by atoms with Crippen LogP contribution in [0.3, 0.4) is 0 Å². The molecular weight excluding hydrogens is 148 g/mol. The van der Waals surface area contributed by atoms with Crippen molar-refractivity contribution in [3.8, 4) is 0 Å². The summed E-state index contributed by atoms with van der Waals surface area (Å²) in [5.74, 6) is 2.18. The fourth-order valence-corrected chi connectivity index (χ4v) is 2.55. The number of hydrogen-bond acceptors (Lipinski definition) is 1. The molecule has 1 heterocycles. The Balaban J connectivity index is 2.02. The highest BCUT2D eigenvalue weighted by atomic mass is 15.2. The molecule has 1 aliphatic carbocycles. The average Bonchev–Trinajstić information content (AvgIpc) is 2.62. The van der Waals surface area contributed by atoms with E-state index in [0.717, 1.165) is 17.8 Å². The van der Waals surface area contributed by atoms with Crippen LogP contribution < -0.4 is 0 Å². The van der Waals surface area contributed by atoms with E-state index in [-0.39, 0.29) is 0 Å². The fraction of sp³-hybridized carbons (Fsp3) is 0.900. The smallest absolute Gasteiger partial charge is 0.0986 e. The average molecular weight is 166 g/mol. The summed E-state index contributed by atoms with van der Waals surface area (Å²) in [6.45, 7) is 5.41. The highest BCUT2D eigenvalue weighted by Gasteiger charge is 2.39. The molecule has 12 heavy (non-hydrogen) atoms. The van der Waals surface area contributed by atoms with Gasteiger partial charge in [0.2, 0.25) is 0 Å². The second-order valence-corrected chi connectivity index (χ2v) is 4.53. The Morgan fingerprint density at radius 1 is 1.42 bits per heavy atom. The number of nitrogens with one attached hydrogen (secondary N) is 1.